The molecule has 1 unspecified atom stereocenters. The normalized spacial score (nSPS) is 13.6. The second-order valence-electron chi connectivity index (χ2n) is 4.12. The van der Waals surface area contributed by atoms with Crippen molar-refractivity contribution >= 4 is 27.2 Å². The minimum absolute atomic E-state index is 0.0287. The number of hydrogen-bond acceptors (Lipinski definition) is 4. The Morgan fingerprint density at radius 3 is 2.67 bits per heavy atom. The highest BCUT2D eigenvalue weighted by Crippen LogP contribution is 2.11. The first-order valence-corrected chi connectivity index (χ1v) is 7.33. The summed E-state index contributed by atoms with van der Waals surface area (Å²) in [6, 6.07) is 5.48. The molecule has 7 heteroatoms. The average Bonchev–Trinajstić information content (AvgIpc) is 2.27. The predicted molar refractivity (Wildman–Crippen MR) is 75.6 cm³/mol. The molecular weight excluding hydrogens is 270 g/mol. The number of thiocarbonyl (C=S) groups is 1. The standard InChI is InChI=1S/C11H17N3O2S2/c1-8-5-4-6-10(13-8)7-14(3)18(15,16)9(2)11(12)17/h4-6,9H,7H2,1-3H3,(H2,12,17). The van der Waals surface area contributed by atoms with E-state index >= 15 is 0 Å². The number of pyridine rings is 1. The maximum Gasteiger partial charge on any atom is 0.223 e. The van der Waals surface area contributed by atoms with Gasteiger partial charge in [-0.1, -0.05) is 18.3 Å². The molecule has 0 amide bonds. The molecule has 0 saturated heterocycles. The van der Waals surface area contributed by atoms with Crippen molar-refractivity contribution in [3.8, 4) is 0 Å². The molecule has 1 atom stereocenters. The van der Waals surface area contributed by atoms with Gasteiger partial charge in [0.2, 0.25) is 10.0 Å². The van der Waals surface area contributed by atoms with E-state index < -0.39 is 15.3 Å². The summed E-state index contributed by atoms with van der Waals surface area (Å²) in [4.78, 5) is 4.23. The summed E-state index contributed by atoms with van der Waals surface area (Å²) in [5, 5.41) is -0.873. The van der Waals surface area contributed by atoms with Crippen molar-refractivity contribution in [3.63, 3.8) is 0 Å². The lowest BCUT2D eigenvalue weighted by Crippen LogP contribution is -2.40. The Kier molecular flexibility index (Phi) is 4.78. The van der Waals surface area contributed by atoms with Crippen LogP contribution in [0.25, 0.3) is 0 Å². The first kappa shape index (κ1) is 15.0. The number of nitrogens with two attached hydrogens (primary N) is 1. The molecule has 0 aliphatic rings. The number of nitrogens with zero attached hydrogens (tertiary/aromatic N) is 2. The molecule has 0 aromatic carbocycles. The van der Waals surface area contributed by atoms with Crippen LogP contribution in [-0.2, 0) is 16.6 Å². The molecule has 2 N–H and O–H groups in total. The molecule has 18 heavy (non-hydrogen) atoms. The molecule has 1 heterocycles. The first-order valence-electron chi connectivity index (χ1n) is 5.42. The quantitative estimate of drug-likeness (QED) is 0.812. The third-order valence-corrected chi connectivity index (χ3v) is 5.26. The summed E-state index contributed by atoms with van der Waals surface area (Å²) in [5.41, 5.74) is 6.93. The Morgan fingerprint density at radius 1 is 1.56 bits per heavy atom. The Hall–Kier alpha value is -1.05. The maximum absolute atomic E-state index is 12.1. The summed E-state index contributed by atoms with van der Waals surface area (Å²) in [6.07, 6.45) is 0. The second kappa shape index (κ2) is 5.73. The zero-order valence-corrected chi connectivity index (χ0v) is 12.3. The zero-order valence-electron chi connectivity index (χ0n) is 10.6. The van der Waals surface area contributed by atoms with E-state index in [0.29, 0.717) is 5.69 Å². The molecule has 1 rings (SSSR count). The van der Waals surface area contributed by atoms with Gasteiger partial charge in [0, 0.05) is 12.7 Å². The van der Waals surface area contributed by atoms with E-state index in [4.69, 9.17) is 18.0 Å². The van der Waals surface area contributed by atoms with Gasteiger partial charge in [-0.15, -0.1) is 0 Å². The van der Waals surface area contributed by atoms with Crippen molar-refractivity contribution in [3.05, 3.63) is 29.6 Å². The van der Waals surface area contributed by atoms with Crippen LogP contribution in [0.5, 0.6) is 0 Å². The highest BCUT2D eigenvalue weighted by molar-refractivity contribution is 7.92. The monoisotopic (exact) mass is 287 g/mol. The van der Waals surface area contributed by atoms with Crippen LogP contribution in [-0.4, -0.2) is 35.0 Å². The van der Waals surface area contributed by atoms with Gasteiger partial charge in [-0.25, -0.2) is 8.42 Å². The third-order valence-electron chi connectivity index (χ3n) is 2.61. The van der Waals surface area contributed by atoms with Crippen LogP contribution in [0.4, 0.5) is 0 Å². The fourth-order valence-corrected chi connectivity index (χ4v) is 2.93. The third kappa shape index (κ3) is 3.47. The fraction of sp³-hybridized carbons (Fsp3) is 0.455. The zero-order chi connectivity index (χ0) is 13.9. The smallest absolute Gasteiger partial charge is 0.223 e. The maximum atomic E-state index is 12.1. The van der Waals surface area contributed by atoms with E-state index in [1.165, 1.54) is 18.3 Å². The van der Waals surface area contributed by atoms with Crippen molar-refractivity contribution in [1.29, 1.82) is 0 Å². The lowest BCUT2D eigenvalue weighted by Gasteiger charge is -2.21. The second-order valence-corrected chi connectivity index (χ2v) is 6.95. The van der Waals surface area contributed by atoms with Gasteiger partial charge >= 0.3 is 0 Å². The van der Waals surface area contributed by atoms with Crippen molar-refractivity contribution in [2.24, 2.45) is 5.73 Å². The van der Waals surface area contributed by atoms with Crippen LogP contribution in [0, 0.1) is 6.92 Å². The van der Waals surface area contributed by atoms with Crippen molar-refractivity contribution in [2.45, 2.75) is 25.6 Å². The number of rotatable bonds is 5. The lowest BCUT2D eigenvalue weighted by atomic mass is 10.3. The summed E-state index contributed by atoms with van der Waals surface area (Å²) in [6.45, 7) is 3.55. The minimum atomic E-state index is -3.52. The first-order chi connectivity index (χ1) is 8.25. The summed E-state index contributed by atoms with van der Waals surface area (Å²) in [5.74, 6) is 0. The molecule has 0 fully saturated rings. The van der Waals surface area contributed by atoms with E-state index in [1.54, 1.807) is 6.07 Å². The van der Waals surface area contributed by atoms with Gasteiger partial charge in [0.15, 0.2) is 0 Å². The van der Waals surface area contributed by atoms with Gasteiger partial charge in [-0.2, -0.15) is 4.31 Å². The molecule has 0 aliphatic heterocycles. The SMILES string of the molecule is Cc1cccc(CN(C)S(=O)(=O)C(C)C(N)=S)n1. The number of aromatic nitrogens is 1. The highest BCUT2D eigenvalue weighted by atomic mass is 32.2. The van der Waals surface area contributed by atoms with Crippen molar-refractivity contribution in [1.82, 2.24) is 9.29 Å². The lowest BCUT2D eigenvalue weighted by molar-refractivity contribution is 0.459. The molecular formula is C11H17N3O2S2. The van der Waals surface area contributed by atoms with E-state index in [0.717, 1.165) is 5.69 Å². The fourth-order valence-electron chi connectivity index (χ4n) is 1.42. The van der Waals surface area contributed by atoms with Crippen molar-refractivity contribution < 1.29 is 8.42 Å². The van der Waals surface area contributed by atoms with E-state index in [1.807, 2.05) is 19.1 Å². The van der Waals surface area contributed by atoms with Gasteiger partial charge in [-0.05, 0) is 26.0 Å². The number of sulfonamides is 1. The summed E-state index contributed by atoms with van der Waals surface area (Å²) in [7, 11) is -2.03. The Bertz CT molecular complexity index is 543. The van der Waals surface area contributed by atoms with Crippen LogP contribution < -0.4 is 5.73 Å². The number of hydrogen-bond donors (Lipinski definition) is 1. The van der Waals surface area contributed by atoms with Crippen LogP contribution in [0.2, 0.25) is 0 Å². The Morgan fingerprint density at radius 2 is 2.17 bits per heavy atom. The van der Waals surface area contributed by atoms with E-state index in [9.17, 15) is 8.42 Å². The van der Waals surface area contributed by atoms with Crippen LogP contribution in [0.15, 0.2) is 18.2 Å². The van der Waals surface area contributed by atoms with Gasteiger partial charge in [0.25, 0.3) is 0 Å². The predicted octanol–water partition coefficient (Wildman–Crippen LogP) is 0.826. The molecule has 0 bridgehead atoms. The molecule has 0 saturated carbocycles. The Balaban J connectivity index is 2.89. The van der Waals surface area contributed by atoms with Crippen LogP contribution >= 0.6 is 12.2 Å². The van der Waals surface area contributed by atoms with Crippen LogP contribution in [0.1, 0.15) is 18.3 Å². The summed E-state index contributed by atoms with van der Waals surface area (Å²) < 4.78 is 25.4. The number of aryl methyl sites for hydroxylation is 1. The van der Waals surface area contributed by atoms with Gasteiger partial charge in [0.05, 0.1) is 17.2 Å². The summed E-state index contributed by atoms with van der Waals surface area (Å²) >= 11 is 4.73. The van der Waals surface area contributed by atoms with Crippen molar-refractivity contribution in [2.75, 3.05) is 7.05 Å². The largest absolute Gasteiger partial charge is 0.392 e. The van der Waals surface area contributed by atoms with Gasteiger partial charge in [0.1, 0.15) is 5.25 Å². The topological polar surface area (TPSA) is 76.3 Å². The van der Waals surface area contributed by atoms with E-state index in [2.05, 4.69) is 4.98 Å². The molecule has 0 radical (unpaired) electrons. The molecule has 5 nitrogen and oxygen atoms in total. The Labute approximate surface area is 113 Å². The van der Waals surface area contributed by atoms with Gasteiger partial charge in [-0.3, -0.25) is 4.98 Å². The minimum Gasteiger partial charge on any atom is -0.392 e. The van der Waals surface area contributed by atoms with Gasteiger partial charge < -0.3 is 5.73 Å². The molecule has 100 valence electrons. The molecule has 1 aromatic heterocycles. The molecule has 0 aliphatic carbocycles. The average molecular weight is 287 g/mol. The molecule has 0 spiro atoms. The molecule has 1 aromatic rings. The van der Waals surface area contributed by atoms with E-state index in [-0.39, 0.29) is 11.5 Å². The van der Waals surface area contributed by atoms with Crippen LogP contribution in [0.3, 0.4) is 0 Å². The highest BCUT2D eigenvalue weighted by Gasteiger charge is 2.28.